The number of benzene rings is 1. The summed E-state index contributed by atoms with van der Waals surface area (Å²) in [4.78, 5) is 0. The first-order valence-electron chi connectivity index (χ1n) is 6.92. The SMILES string of the molecule is CC1(C)[C@@H]2CC[C@@]1(C[Se]c1ccccc1)[C@H](O)C2. The molecule has 2 aliphatic rings. The van der Waals surface area contributed by atoms with E-state index in [0.29, 0.717) is 20.4 Å². The second-order valence-corrected chi connectivity index (χ2v) is 8.67. The van der Waals surface area contributed by atoms with Gasteiger partial charge in [0.05, 0.1) is 0 Å². The summed E-state index contributed by atoms with van der Waals surface area (Å²) in [6.07, 6.45) is 3.55. The minimum atomic E-state index is -0.0585. The Morgan fingerprint density at radius 3 is 2.56 bits per heavy atom. The van der Waals surface area contributed by atoms with E-state index >= 15 is 0 Å². The zero-order valence-corrected chi connectivity index (χ0v) is 12.9. The molecule has 0 heterocycles. The number of hydrogen-bond acceptors (Lipinski definition) is 1. The molecule has 0 radical (unpaired) electrons. The fourth-order valence-electron chi connectivity index (χ4n) is 4.11. The van der Waals surface area contributed by atoms with Gasteiger partial charge >= 0.3 is 116 Å². The summed E-state index contributed by atoms with van der Waals surface area (Å²) in [6, 6.07) is 10.8. The number of aliphatic hydroxyl groups excluding tert-OH is 1. The van der Waals surface area contributed by atoms with Gasteiger partial charge in [0.15, 0.2) is 0 Å². The van der Waals surface area contributed by atoms with Crippen molar-refractivity contribution in [2.75, 3.05) is 0 Å². The first kappa shape index (κ1) is 12.7. The number of hydrogen-bond donors (Lipinski definition) is 1. The predicted molar refractivity (Wildman–Crippen MR) is 76.2 cm³/mol. The Hall–Kier alpha value is -0.301. The van der Waals surface area contributed by atoms with Gasteiger partial charge in [-0.1, -0.05) is 0 Å². The molecule has 3 atom stereocenters. The van der Waals surface area contributed by atoms with Gasteiger partial charge in [-0.05, 0) is 0 Å². The summed E-state index contributed by atoms with van der Waals surface area (Å²) in [6.45, 7) is 4.78. The van der Waals surface area contributed by atoms with E-state index in [9.17, 15) is 5.11 Å². The first-order valence-corrected chi connectivity index (χ1v) is 8.99. The molecule has 1 aromatic rings. The normalized spacial score (nSPS) is 37.1. The molecule has 1 aromatic carbocycles. The zero-order valence-electron chi connectivity index (χ0n) is 11.2. The second-order valence-electron chi connectivity index (χ2n) is 6.47. The first-order chi connectivity index (χ1) is 8.56. The van der Waals surface area contributed by atoms with Crippen molar-refractivity contribution in [1.82, 2.24) is 0 Å². The molecule has 2 heteroatoms. The molecule has 1 nitrogen and oxygen atoms in total. The molecule has 0 aliphatic heterocycles. The molecule has 18 heavy (non-hydrogen) atoms. The van der Waals surface area contributed by atoms with Crippen molar-refractivity contribution >= 4 is 19.4 Å². The summed E-state index contributed by atoms with van der Waals surface area (Å²) < 4.78 is 1.47. The maximum absolute atomic E-state index is 10.5. The Labute approximate surface area is 116 Å². The second kappa shape index (κ2) is 4.37. The quantitative estimate of drug-likeness (QED) is 0.851. The fourth-order valence-corrected chi connectivity index (χ4v) is 7.22. The number of rotatable bonds is 3. The van der Waals surface area contributed by atoms with Crippen LogP contribution in [0.15, 0.2) is 30.3 Å². The molecule has 98 valence electrons. The van der Waals surface area contributed by atoms with Crippen molar-refractivity contribution < 1.29 is 5.11 Å². The Morgan fingerprint density at radius 2 is 2.00 bits per heavy atom. The van der Waals surface area contributed by atoms with E-state index in [1.54, 1.807) is 0 Å². The molecule has 0 amide bonds. The summed E-state index contributed by atoms with van der Waals surface area (Å²) in [5.74, 6) is 0.749. The molecule has 0 spiro atoms. The van der Waals surface area contributed by atoms with Crippen LogP contribution in [0, 0.1) is 16.7 Å². The van der Waals surface area contributed by atoms with Crippen LogP contribution >= 0.6 is 0 Å². The van der Waals surface area contributed by atoms with Crippen LogP contribution in [-0.4, -0.2) is 26.2 Å². The summed E-state index contributed by atoms with van der Waals surface area (Å²) in [5, 5.41) is 11.7. The van der Waals surface area contributed by atoms with Crippen molar-refractivity contribution in [2.45, 2.75) is 44.5 Å². The maximum atomic E-state index is 10.5. The van der Waals surface area contributed by atoms with Crippen LogP contribution in [0.2, 0.25) is 5.32 Å². The van der Waals surface area contributed by atoms with E-state index in [1.807, 2.05) is 0 Å². The van der Waals surface area contributed by atoms with E-state index in [2.05, 4.69) is 44.2 Å². The van der Waals surface area contributed by atoms with Gasteiger partial charge in [0.2, 0.25) is 0 Å². The van der Waals surface area contributed by atoms with Crippen LogP contribution in [0.3, 0.4) is 0 Å². The molecule has 2 saturated carbocycles. The van der Waals surface area contributed by atoms with Crippen molar-refractivity contribution in [3.63, 3.8) is 0 Å². The molecular formula is C16H22OSe. The van der Waals surface area contributed by atoms with E-state index in [4.69, 9.17) is 0 Å². The van der Waals surface area contributed by atoms with Crippen LogP contribution in [0.5, 0.6) is 0 Å². The number of aliphatic hydroxyl groups is 1. The molecule has 0 aromatic heterocycles. The average molecular weight is 309 g/mol. The predicted octanol–water partition coefficient (Wildman–Crippen LogP) is 2.62. The molecular weight excluding hydrogens is 287 g/mol. The van der Waals surface area contributed by atoms with E-state index in [0.717, 1.165) is 12.3 Å². The standard InChI is InChI=1S/C16H22OSe/c1-15(2)12-8-9-16(15,14(17)10-12)11-18-13-6-4-3-5-7-13/h3-7,12,14,17H,8-11H2,1-2H3/t12-,14-,16-/m1/s1. The van der Waals surface area contributed by atoms with Crippen molar-refractivity contribution in [3.05, 3.63) is 30.3 Å². The third-order valence-electron chi connectivity index (χ3n) is 5.63. The molecule has 3 rings (SSSR count). The van der Waals surface area contributed by atoms with Crippen molar-refractivity contribution in [2.24, 2.45) is 16.7 Å². The summed E-state index contributed by atoms with van der Waals surface area (Å²) in [5.41, 5.74) is 0.538. The van der Waals surface area contributed by atoms with Crippen LogP contribution in [0.4, 0.5) is 0 Å². The van der Waals surface area contributed by atoms with Crippen LogP contribution < -0.4 is 4.46 Å². The van der Waals surface area contributed by atoms with E-state index in [1.165, 1.54) is 22.6 Å². The van der Waals surface area contributed by atoms with Crippen LogP contribution in [-0.2, 0) is 0 Å². The average Bonchev–Trinajstić information content (AvgIpc) is 2.72. The fraction of sp³-hybridized carbons (Fsp3) is 0.625. The third kappa shape index (κ3) is 1.70. The van der Waals surface area contributed by atoms with Crippen molar-refractivity contribution in [3.8, 4) is 0 Å². The number of fused-ring (bicyclic) bond motifs is 2. The van der Waals surface area contributed by atoms with Crippen molar-refractivity contribution in [1.29, 1.82) is 0 Å². The van der Waals surface area contributed by atoms with E-state index in [-0.39, 0.29) is 11.5 Å². The molecule has 0 unspecified atom stereocenters. The topological polar surface area (TPSA) is 20.2 Å². The Morgan fingerprint density at radius 1 is 1.28 bits per heavy atom. The van der Waals surface area contributed by atoms with Gasteiger partial charge in [-0.25, -0.2) is 0 Å². The monoisotopic (exact) mass is 310 g/mol. The Kier molecular flexibility index (Phi) is 3.09. The zero-order chi connectivity index (χ0) is 12.8. The minimum absolute atomic E-state index is 0.0585. The summed E-state index contributed by atoms with van der Waals surface area (Å²) in [7, 11) is 0. The van der Waals surface area contributed by atoms with Crippen LogP contribution in [0.1, 0.15) is 33.1 Å². The Balaban J connectivity index is 1.79. The van der Waals surface area contributed by atoms with E-state index < -0.39 is 0 Å². The molecule has 0 saturated heterocycles. The van der Waals surface area contributed by atoms with Gasteiger partial charge in [-0.2, -0.15) is 0 Å². The molecule has 2 fully saturated rings. The third-order valence-corrected chi connectivity index (χ3v) is 8.28. The van der Waals surface area contributed by atoms with Gasteiger partial charge in [0, 0.05) is 0 Å². The van der Waals surface area contributed by atoms with Crippen LogP contribution in [0.25, 0.3) is 0 Å². The summed E-state index contributed by atoms with van der Waals surface area (Å²) >= 11 is 0.499. The molecule has 1 N–H and O–H groups in total. The van der Waals surface area contributed by atoms with Gasteiger partial charge in [-0.3, -0.25) is 0 Å². The Bertz CT molecular complexity index is 428. The molecule has 2 aliphatic carbocycles. The van der Waals surface area contributed by atoms with Gasteiger partial charge in [-0.15, -0.1) is 0 Å². The van der Waals surface area contributed by atoms with Gasteiger partial charge in [0.1, 0.15) is 0 Å². The van der Waals surface area contributed by atoms with Gasteiger partial charge in [0.25, 0.3) is 0 Å². The van der Waals surface area contributed by atoms with Gasteiger partial charge < -0.3 is 0 Å². The molecule has 2 bridgehead atoms.